The molecule has 0 aliphatic carbocycles. The minimum Gasteiger partial charge on any atom is -0.364 e. The lowest BCUT2D eigenvalue weighted by Gasteiger charge is -2.35. The molecule has 1 unspecified atom stereocenters. The molecular formula is C18H24N2S. The van der Waals surface area contributed by atoms with Crippen LogP contribution in [0.25, 0.3) is 0 Å². The smallest absolute Gasteiger partial charge is 0.0525 e. The number of fused-ring (bicyclic) bond motifs is 1. The first-order valence-corrected chi connectivity index (χ1v) is 8.68. The Hall–Kier alpha value is -1.32. The average molecular weight is 300 g/mol. The lowest BCUT2D eigenvalue weighted by molar-refractivity contribution is 0.588. The molecule has 2 aromatic rings. The van der Waals surface area contributed by atoms with Gasteiger partial charge in [-0.25, -0.2) is 0 Å². The summed E-state index contributed by atoms with van der Waals surface area (Å²) >= 11 is 1.90. The summed E-state index contributed by atoms with van der Waals surface area (Å²) in [4.78, 5) is 4.09. The van der Waals surface area contributed by atoms with Gasteiger partial charge in [-0.1, -0.05) is 26.0 Å². The molecule has 21 heavy (non-hydrogen) atoms. The highest BCUT2D eigenvalue weighted by molar-refractivity contribution is 7.10. The molecule has 3 rings (SSSR count). The van der Waals surface area contributed by atoms with Gasteiger partial charge in [-0.2, -0.15) is 0 Å². The Morgan fingerprint density at radius 2 is 2.00 bits per heavy atom. The fourth-order valence-electron chi connectivity index (χ4n) is 2.99. The molecule has 0 radical (unpaired) electrons. The molecule has 1 aromatic heterocycles. The molecule has 0 saturated carbocycles. The summed E-state index contributed by atoms with van der Waals surface area (Å²) < 4.78 is 0. The SMILES string of the molecule is CC(C)NCc1ccc(N2CCc3sccc3C2C)cc1. The fourth-order valence-corrected chi connectivity index (χ4v) is 3.95. The maximum atomic E-state index is 3.47. The van der Waals surface area contributed by atoms with Crippen LogP contribution in [0, 0.1) is 0 Å². The van der Waals surface area contributed by atoms with Crippen molar-refractivity contribution >= 4 is 17.0 Å². The Bertz CT molecular complexity index is 586. The molecule has 1 aromatic carbocycles. The van der Waals surface area contributed by atoms with Crippen molar-refractivity contribution in [3.63, 3.8) is 0 Å². The minimum absolute atomic E-state index is 0.486. The highest BCUT2D eigenvalue weighted by Gasteiger charge is 2.24. The van der Waals surface area contributed by atoms with Crippen molar-refractivity contribution in [1.82, 2.24) is 5.32 Å². The van der Waals surface area contributed by atoms with Crippen molar-refractivity contribution in [2.45, 2.75) is 45.8 Å². The predicted octanol–water partition coefficient (Wildman–Crippen LogP) is 4.37. The van der Waals surface area contributed by atoms with E-state index in [2.05, 4.69) is 66.7 Å². The summed E-state index contributed by atoms with van der Waals surface area (Å²) in [5.41, 5.74) is 4.21. The van der Waals surface area contributed by atoms with Crippen molar-refractivity contribution in [3.8, 4) is 0 Å². The zero-order valence-corrected chi connectivity index (χ0v) is 13.9. The molecule has 0 saturated heterocycles. The van der Waals surface area contributed by atoms with E-state index in [4.69, 9.17) is 0 Å². The van der Waals surface area contributed by atoms with Gasteiger partial charge in [0, 0.05) is 29.7 Å². The normalized spacial score (nSPS) is 18.1. The third-order valence-corrected chi connectivity index (χ3v) is 5.26. The Balaban J connectivity index is 1.73. The number of anilines is 1. The summed E-state index contributed by atoms with van der Waals surface area (Å²) in [6, 6.07) is 12.3. The van der Waals surface area contributed by atoms with Crippen LogP contribution in [0.4, 0.5) is 5.69 Å². The van der Waals surface area contributed by atoms with Gasteiger partial charge in [0.25, 0.3) is 0 Å². The van der Waals surface area contributed by atoms with Gasteiger partial charge in [0.2, 0.25) is 0 Å². The third kappa shape index (κ3) is 3.14. The van der Waals surface area contributed by atoms with Crippen LogP contribution >= 0.6 is 11.3 Å². The Morgan fingerprint density at radius 3 is 2.71 bits per heavy atom. The molecule has 0 amide bonds. The highest BCUT2D eigenvalue weighted by atomic mass is 32.1. The number of thiophene rings is 1. The number of benzene rings is 1. The topological polar surface area (TPSA) is 15.3 Å². The lowest BCUT2D eigenvalue weighted by Crippen LogP contribution is -2.33. The highest BCUT2D eigenvalue weighted by Crippen LogP contribution is 2.35. The second-order valence-corrected chi connectivity index (χ2v) is 7.12. The molecule has 0 spiro atoms. The largest absolute Gasteiger partial charge is 0.364 e. The van der Waals surface area contributed by atoms with Crippen LogP contribution in [0.2, 0.25) is 0 Å². The van der Waals surface area contributed by atoms with Gasteiger partial charge in [0.1, 0.15) is 0 Å². The van der Waals surface area contributed by atoms with E-state index < -0.39 is 0 Å². The monoisotopic (exact) mass is 300 g/mol. The molecule has 1 N–H and O–H groups in total. The zero-order valence-electron chi connectivity index (χ0n) is 13.1. The summed E-state index contributed by atoms with van der Waals surface area (Å²) in [6.07, 6.45) is 1.17. The van der Waals surface area contributed by atoms with Crippen molar-refractivity contribution < 1.29 is 0 Å². The third-order valence-electron chi connectivity index (χ3n) is 4.26. The van der Waals surface area contributed by atoms with Gasteiger partial charge in [0.05, 0.1) is 6.04 Å². The van der Waals surface area contributed by atoms with Crippen LogP contribution < -0.4 is 10.2 Å². The van der Waals surface area contributed by atoms with E-state index >= 15 is 0 Å². The molecule has 3 heteroatoms. The van der Waals surface area contributed by atoms with Crippen molar-refractivity contribution in [2.75, 3.05) is 11.4 Å². The fraction of sp³-hybridized carbons (Fsp3) is 0.444. The van der Waals surface area contributed by atoms with E-state index in [1.165, 1.54) is 23.2 Å². The molecule has 0 bridgehead atoms. The van der Waals surface area contributed by atoms with Gasteiger partial charge in [0.15, 0.2) is 0 Å². The maximum absolute atomic E-state index is 3.47. The average Bonchev–Trinajstić information content (AvgIpc) is 2.96. The zero-order chi connectivity index (χ0) is 14.8. The van der Waals surface area contributed by atoms with Crippen LogP contribution in [0.15, 0.2) is 35.7 Å². The molecule has 1 atom stereocenters. The lowest BCUT2D eigenvalue weighted by atomic mass is 10.0. The van der Waals surface area contributed by atoms with Crippen molar-refractivity contribution in [3.05, 3.63) is 51.7 Å². The summed E-state index contributed by atoms with van der Waals surface area (Å²) in [5, 5.41) is 5.69. The summed E-state index contributed by atoms with van der Waals surface area (Å²) in [5.74, 6) is 0. The second-order valence-electron chi connectivity index (χ2n) is 6.12. The predicted molar refractivity (Wildman–Crippen MR) is 92.2 cm³/mol. The minimum atomic E-state index is 0.486. The summed E-state index contributed by atoms with van der Waals surface area (Å²) in [7, 11) is 0. The molecule has 2 nitrogen and oxygen atoms in total. The van der Waals surface area contributed by atoms with E-state index in [9.17, 15) is 0 Å². The first kappa shape index (κ1) is 14.6. The molecule has 0 fully saturated rings. The van der Waals surface area contributed by atoms with Gasteiger partial charge < -0.3 is 10.2 Å². The number of nitrogens with one attached hydrogen (secondary N) is 1. The Kier molecular flexibility index (Phi) is 4.32. The molecule has 112 valence electrons. The second kappa shape index (κ2) is 6.20. The van der Waals surface area contributed by atoms with E-state index in [-0.39, 0.29) is 0 Å². The standard InChI is InChI=1S/C18H24N2S/c1-13(2)19-12-15-4-6-16(7-5-15)20-10-8-18-17(14(20)3)9-11-21-18/h4-7,9,11,13-14,19H,8,10,12H2,1-3H3. The van der Waals surface area contributed by atoms with Gasteiger partial charge in [-0.15, -0.1) is 11.3 Å². The molecule has 2 heterocycles. The first-order valence-electron chi connectivity index (χ1n) is 7.80. The van der Waals surface area contributed by atoms with Crippen LogP contribution in [-0.2, 0) is 13.0 Å². The van der Waals surface area contributed by atoms with Crippen LogP contribution in [0.1, 0.15) is 42.8 Å². The number of nitrogens with zero attached hydrogens (tertiary/aromatic N) is 1. The Morgan fingerprint density at radius 1 is 1.24 bits per heavy atom. The van der Waals surface area contributed by atoms with Crippen LogP contribution in [0.5, 0.6) is 0 Å². The molecular weight excluding hydrogens is 276 g/mol. The van der Waals surface area contributed by atoms with E-state index in [1.807, 2.05) is 11.3 Å². The van der Waals surface area contributed by atoms with E-state index in [0.717, 1.165) is 13.1 Å². The van der Waals surface area contributed by atoms with Crippen molar-refractivity contribution in [1.29, 1.82) is 0 Å². The van der Waals surface area contributed by atoms with Crippen LogP contribution in [0.3, 0.4) is 0 Å². The first-order chi connectivity index (χ1) is 10.1. The summed E-state index contributed by atoms with van der Waals surface area (Å²) in [6.45, 7) is 8.75. The van der Waals surface area contributed by atoms with Crippen molar-refractivity contribution in [2.24, 2.45) is 0 Å². The molecule has 1 aliphatic rings. The number of hydrogen-bond donors (Lipinski definition) is 1. The molecule has 1 aliphatic heterocycles. The van der Waals surface area contributed by atoms with Gasteiger partial charge in [-0.3, -0.25) is 0 Å². The number of hydrogen-bond acceptors (Lipinski definition) is 3. The quantitative estimate of drug-likeness (QED) is 0.902. The maximum Gasteiger partial charge on any atom is 0.0525 e. The van der Waals surface area contributed by atoms with Gasteiger partial charge >= 0.3 is 0 Å². The van der Waals surface area contributed by atoms with Crippen LogP contribution in [-0.4, -0.2) is 12.6 Å². The van der Waals surface area contributed by atoms with E-state index in [1.54, 1.807) is 4.88 Å². The Labute approximate surface area is 131 Å². The van der Waals surface area contributed by atoms with Gasteiger partial charge in [-0.05, 0) is 48.1 Å². The number of rotatable bonds is 4. The van der Waals surface area contributed by atoms with E-state index in [0.29, 0.717) is 12.1 Å².